The van der Waals surface area contributed by atoms with Crippen molar-refractivity contribution in [2.24, 2.45) is 0 Å². The number of hydrogen-bond donors (Lipinski definition) is 3. The van der Waals surface area contributed by atoms with Gasteiger partial charge in [-0.15, -0.1) is 0 Å². The predicted molar refractivity (Wildman–Crippen MR) is 304 cm³/mol. The Morgan fingerprint density at radius 1 is 0.642 bits per heavy atom. The van der Waals surface area contributed by atoms with Crippen LogP contribution in [0, 0.1) is 36.5 Å². The summed E-state index contributed by atoms with van der Waals surface area (Å²) in [6.45, 7) is 15.6. The average molecular weight is 1100 g/mol. The van der Waals surface area contributed by atoms with Crippen molar-refractivity contribution in [3.05, 3.63) is 131 Å². The maximum atomic E-state index is 10.2. The third kappa shape index (κ3) is 12.2. The van der Waals surface area contributed by atoms with Gasteiger partial charge in [0.1, 0.15) is 48.5 Å². The van der Waals surface area contributed by atoms with E-state index in [1.54, 1.807) is 68.4 Å². The molecule has 81 heavy (non-hydrogen) atoms. The molecule has 3 N–H and O–H groups in total. The number of piperidine rings is 2. The number of fused-ring (bicyclic) bond motifs is 6. The standard InChI is InChI=1S/C30H33N7O3.C23H26N6O2.C7H7NO2/c1-19-26(40-18-30(2,3)38)10-25(29-22(11-31)14-34-37(19)29)21-6-7-27(32-13-21)35-16-23-9-24(17-35)36(23)15-20-5-8-28(39-4)33-12-20;1-14-20(31-13-23(2,3)30)7-19(22-16(8-24)10-26-29(14)22)15-4-5-21(25-9-15)28-11-17-6-18(12-28)27-17;1-10-7-3-2-6(5-9)4-8-7/h5-8,10,12-14,23-24,38H,9,15-18H2,1-4H3;4-5,7,9-10,17-18,27,30H,6,11-13H2,1-3H3;2-5H,1H3. The van der Waals surface area contributed by atoms with Gasteiger partial charge in [0.25, 0.3) is 0 Å². The number of rotatable bonds is 15. The fourth-order valence-electron chi connectivity index (χ4n) is 10.7. The zero-order valence-electron chi connectivity index (χ0n) is 46.7. The molecule has 418 valence electrons. The maximum absolute atomic E-state index is 10.2. The molecule has 4 atom stereocenters. The fourth-order valence-corrected chi connectivity index (χ4v) is 10.7. The number of methoxy groups -OCH3 is 2. The van der Waals surface area contributed by atoms with E-state index in [-0.39, 0.29) is 13.2 Å². The first-order chi connectivity index (χ1) is 38.9. The van der Waals surface area contributed by atoms with Gasteiger partial charge >= 0.3 is 0 Å². The zero-order chi connectivity index (χ0) is 57.2. The molecule has 4 unspecified atom stereocenters. The first-order valence-corrected chi connectivity index (χ1v) is 26.8. The molecule has 6 aliphatic heterocycles. The maximum Gasteiger partial charge on any atom is 0.212 e. The molecule has 8 aromatic rings. The second-order valence-corrected chi connectivity index (χ2v) is 22.2. The van der Waals surface area contributed by atoms with E-state index >= 15 is 0 Å². The fraction of sp³-hybridized carbons (Fsp3) is 0.383. The summed E-state index contributed by atoms with van der Waals surface area (Å²) >= 11 is 0. The van der Waals surface area contributed by atoms with Gasteiger partial charge in [-0.05, 0) is 102 Å². The molecule has 4 bridgehead atoms. The van der Waals surface area contributed by atoms with Crippen LogP contribution in [-0.2, 0) is 6.54 Å². The monoisotopic (exact) mass is 1090 g/mol. The summed E-state index contributed by atoms with van der Waals surface area (Å²) in [5.74, 6) is 4.28. The molecule has 14 heterocycles. The Bertz CT molecular complexity index is 3590. The Morgan fingerprint density at radius 3 is 1.52 bits per heavy atom. The molecule has 8 aromatic heterocycles. The third-order valence-electron chi connectivity index (χ3n) is 14.9. The highest BCUT2D eigenvalue weighted by atomic mass is 16.5. The van der Waals surface area contributed by atoms with Crippen LogP contribution in [0.5, 0.6) is 23.3 Å². The Kier molecular flexibility index (Phi) is 15.9. The number of aldehydes is 1. The zero-order valence-corrected chi connectivity index (χ0v) is 46.7. The number of anilines is 2. The van der Waals surface area contributed by atoms with Crippen LogP contribution in [0.2, 0.25) is 0 Å². The molecule has 0 amide bonds. The van der Waals surface area contributed by atoms with Crippen LogP contribution >= 0.6 is 0 Å². The number of aliphatic hydroxyl groups is 2. The minimum atomic E-state index is -0.983. The molecular weight excluding hydrogens is 1030 g/mol. The van der Waals surface area contributed by atoms with Crippen LogP contribution in [0.25, 0.3) is 33.3 Å². The summed E-state index contributed by atoms with van der Waals surface area (Å²) in [5, 5.41) is 52.0. The van der Waals surface area contributed by atoms with Crippen LogP contribution in [0.1, 0.15) is 79.0 Å². The van der Waals surface area contributed by atoms with Gasteiger partial charge in [-0.3, -0.25) is 9.69 Å². The van der Waals surface area contributed by atoms with Crippen molar-refractivity contribution in [3.8, 4) is 57.7 Å². The molecule has 21 heteroatoms. The average Bonchev–Trinajstić information content (AvgIpc) is 4.17. The van der Waals surface area contributed by atoms with Gasteiger partial charge in [-0.1, -0.05) is 6.07 Å². The lowest BCUT2D eigenvalue weighted by Gasteiger charge is -2.56. The van der Waals surface area contributed by atoms with Crippen LogP contribution in [0.4, 0.5) is 11.6 Å². The second-order valence-electron chi connectivity index (χ2n) is 22.2. The molecule has 14 rings (SSSR count). The number of aromatic nitrogens is 8. The summed E-state index contributed by atoms with van der Waals surface area (Å²) in [5.41, 5.74) is 7.16. The van der Waals surface area contributed by atoms with Crippen LogP contribution in [-0.4, -0.2) is 150 Å². The van der Waals surface area contributed by atoms with E-state index in [1.807, 2.05) is 74.9 Å². The van der Waals surface area contributed by atoms with E-state index in [0.29, 0.717) is 69.6 Å². The topological polar surface area (TPSA) is 250 Å². The Balaban J connectivity index is 0.000000159. The minimum absolute atomic E-state index is 0.131. The van der Waals surface area contributed by atoms with E-state index in [9.17, 15) is 25.5 Å². The number of pyridine rings is 6. The Morgan fingerprint density at radius 2 is 1.12 bits per heavy atom. The van der Waals surface area contributed by atoms with Gasteiger partial charge < -0.3 is 44.3 Å². The molecule has 21 nitrogen and oxygen atoms in total. The van der Waals surface area contributed by atoms with Crippen LogP contribution in [0.15, 0.2) is 97.8 Å². The summed E-state index contributed by atoms with van der Waals surface area (Å²) in [6, 6.07) is 25.9. The number of piperazine rings is 2. The lowest BCUT2D eigenvalue weighted by atomic mass is 9.87. The lowest BCUT2D eigenvalue weighted by Crippen LogP contribution is -2.68. The summed E-state index contributed by atoms with van der Waals surface area (Å²) in [6.07, 6.45) is 13.4. The van der Waals surface area contributed by atoms with Gasteiger partial charge in [-0.25, -0.2) is 29.0 Å². The van der Waals surface area contributed by atoms with Crippen molar-refractivity contribution >= 4 is 29.0 Å². The number of hydrogen-bond acceptors (Lipinski definition) is 19. The smallest absolute Gasteiger partial charge is 0.212 e. The van der Waals surface area contributed by atoms with Gasteiger partial charge in [0, 0.05) is 122 Å². The highest BCUT2D eigenvalue weighted by Gasteiger charge is 2.45. The number of aryl methyl sites for hydroxylation is 2. The minimum Gasteiger partial charge on any atom is -0.489 e. The quantitative estimate of drug-likeness (QED) is 0.0896. The van der Waals surface area contributed by atoms with Gasteiger partial charge in [-0.2, -0.15) is 20.7 Å². The molecular formula is C60H66N14O7. The molecule has 0 saturated carbocycles. The van der Waals surface area contributed by atoms with E-state index in [1.165, 1.54) is 31.7 Å². The Labute approximate surface area is 470 Å². The summed E-state index contributed by atoms with van der Waals surface area (Å²) < 4.78 is 25.3. The SMILES string of the molecule is COc1ccc(C=O)cn1.COc1ccc(CN2C3CC2CN(c2ccc(-c4cc(OCC(C)(C)O)c(C)n5ncc(C#N)c45)cn2)C3)cn1.Cc1c(OCC(C)(C)O)cc(-c2ccc(N3CC4CC(C3)N4)nc2)c2c(C#N)cnn12. The molecule has 0 spiro atoms. The molecule has 6 saturated heterocycles. The highest BCUT2D eigenvalue weighted by Crippen LogP contribution is 2.39. The first kappa shape index (κ1) is 55.6. The summed E-state index contributed by atoms with van der Waals surface area (Å²) in [7, 11) is 3.16. The number of nitrogens with one attached hydrogen (secondary N) is 1. The first-order valence-electron chi connectivity index (χ1n) is 26.8. The van der Waals surface area contributed by atoms with Crippen molar-refractivity contribution in [2.45, 2.75) is 96.3 Å². The normalized spacial score (nSPS) is 18.2. The van der Waals surface area contributed by atoms with Crippen molar-refractivity contribution in [1.82, 2.24) is 49.4 Å². The number of carbonyl (C=O) groups excluding carboxylic acids is 1. The molecule has 6 aliphatic rings. The van der Waals surface area contributed by atoms with Gasteiger partial charge in [0.15, 0.2) is 6.29 Å². The van der Waals surface area contributed by atoms with Crippen LogP contribution < -0.4 is 34.1 Å². The van der Waals surface area contributed by atoms with Gasteiger partial charge in [0.2, 0.25) is 11.8 Å². The van der Waals surface area contributed by atoms with E-state index < -0.39 is 11.2 Å². The molecule has 6 fully saturated rings. The highest BCUT2D eigenvalue weighted by molar-refractivity contribution is 5.87. The Hall–Kier alpha value is -8.73. The van der Waals surface area contributed by atoms with Crippen LogP contribution in [0.3, 0.4) is 0 Å². The number of carbonyl (C=O) groups is 1. The van der Waals surface area contributed by atoms with Gasteiger partial charge in [0.05, 0.1) is 71.4 Å². The largest absolute Gasteiger partial charge is 0.489 e. The van der Waals surface area contributed by atoms with Crippen molar-refractivity contribution in [1.29, 1.82) is 10.5 Å². The van der Waals surface area contributed by atoms with E-state index in [2.05, 4.69) is 58.4 Å². The number of nitrogens with zero attached hydrogens (tertiary/aromatic N) is 13. The number of ether oxygens (including phenoxy) is 4. The lowest BCUT2D eigenvalue weighted by molar-refractivity contribution is -0.00876. The van der Waals surface area contributed by atoms with Crippen molar-refractivity contribution < 1.29 is 34.0 Å². The number of nitriles is 2. The predicted octanol–water partition coefficient (Wildman–Crippen LogP) is 6.77. The molecule has 0 aliphatic carbocycles. The van der Waals surface area contributed by atoms with Crippen molar-refractivity contribution in [3.63, 3.8) is 0 Å². The third-order valence-corrected chi connectivity index (χ3v) is 14.9. The summed E-state index contributed by atoms with van der Waals surface area (Å²) in [4.78, 5) is 35.1. The molecule has 0 radical (unpaired) electrons. The van der Waals surface area contributed by atoms with E-state index in [0.717, 1.165) is 89.8 Å². The second kappa shape index (κ2) is 23.2. The van der Waals surface area contributed by atoms with Crippen molar-refractivity contribution in [2.75, 3.05) is 63.4 Å². The van der Waals surface area contributed by atoms with E-state index in [4.69, 9.17) is 28.9 Å². The molecule has 0 aromatic carbocycles.